The lowest BCUT2D eigenvalue weighted by atomic mass is 9.77. The van der Waals surface area contributed by atoms with Gasteiger partial charge in [0, 0.05) is 37.2 Å². The third-order valence-electron chi connectivity index (χ3n) is 4.76. The zero-order valence-electron chi connectivity index (χ0n) is 14.1. The molecule has 6 heteroatoms. The van der Waals surface area contributed by atoms with E-state index in [9.17, 15) is 14.3 Å². The van der Waals surface area contributed by atoms with Crippen LogP contribution in [0.3, 0.4) is 0 Å². The Morgan fingerprint density at radius 1 is 1.50 bits per heavy atom. The number of hydrogen-bond donors (Lipinski definition) is 1. The lowest BCUT2D eigenvalue weighted by Gasteiger charge is -2.42. The molecule has 1 amide bonds. The molecule has 0 bridgehead atoms. The fraction of sp³-hybridized carbons (Fsp3) is 0.611. The van der Waals surface area contributed by atoms with Gasteiger partial charge in [0.1, 0.15) is 5.82 Å². The molecule has 1 unspecified atom stereocenters. The summed E-state index contributed by atoms with van der Waals surface area (Å²) in [7, 11) is 1.66. The predicted molar refractivity (Wildman–Crippen MR) is 91.6 cm³/mol. The summed E-state index contributed by atoms with van der Waals surface area (Å²) in [5.41, 5.74) is 0.376. The summed E-state index contributed by atoms with van der Waals surface area (Å²) in [5.74, 6) is -0.445. The quantitative estimate of drug-likeness (QED) is 0.763. The largest absolute Gasteiger partial charge is 0.396 e. The normalized spacial score (nSPS) is 21.1. The van der Waals surface area contributed by atoms with Crippen LogP contribution >= 0.6 is 11.6 Å². The maximum Gasteiger partial charge on any atom is 0.227 e. The number of carbonyl (C=O) groups is 1. The van der Waals surface area contributed by atoms with Crippen molar-refractivity contribution in [3.8, 4) is 0 Å². The minimum absolute atomic E-state index is 0.0345. The van der Waals surface area contributed by atoms with Gasteiger partial charge in [-0.1, -0.05) is 17.7 Å². The lowest BCUT2D eigenvalue weighted by Crippen LogP contribution is -2.48. The van der Waals surface area contributed by atoms with Gasteiger partial charge in [0.25, 0.3) is 0 Å². The number of nitrogens with zero attached hydrogens (tertiary/aromatic N) is 1. The maximum atomic E-state index is 13.1. The van der Waals surface area contributed by atoms with Crippen LogP contribution in [0.4, 0.5) is 4.39 Å². The van der Waals surface area contributed by atoms with E-state index in [4.69, 9.17) is 16.3 Å². The van der Waals surface area contributed by atoms with Crippen LogP contribution in [0.15, 0.2) is 18.2 Å². The summed E-state index contributed by atoms with van der Waals surface area (Å²) < 4.78 is 18.2. The molecule has 4 nitrogen and oxygen atoms in total. The number of likely N-dealkylation sites (tertiary alicyclic amines) is 1. The molecule has 0 spiro atoms. The molecular formula is C18H25ClFNO3. The molecule has 134 valence electrons. The third-order valence-corrected chi connectivity index (χ3v) is 5.11. The number of aliphatic hydroxyl groups is 1. The number of aliphatic hydroxyl groups excluding tert-OH is 1. The van der Waals surface area contributed by atoms with Crippen molar-refractivity contribution >= 4 is 17.5 Å². The molecule has 1 N–H and O–H groups in total. The van der Waals surface area contributed by atoms with Gasteiger partial charge in [0.15, 0.2) is 0 Å². The van der Waals surface area contributed by atoms with E-state index in [1.165, 1.54) is 12.1 Å². The van der Waals surface area contributed by atoms with Crippen molar-refractivity contribution in [2.24, 2.45) is 5.41 Å². The fourth-order valence-corrected chi connectivity index (χ4v) is 3.60. The van der Waals surface area contributed by atoms with Gasteiger partial charge in [-0.05, 0) is 43.4 Å². The molecule has 24 heavy (non-hydrogen) atoms. The molecule has 1 saturated heterocycles. The van der Waals surface area contributed by atoms with Crippen molar-refractivity contribution in [1.82, 2.24) is 4.90 Å². The van der Waals surface area contributed by atoms with E-state index in [1.54, 1.807) is 18.1 Å². The standard InChI is InChI=1S/C18H25ClFNO3/c1-24-9-3-7-18(13-22)6-2-8-21(12-18)17(23)10-14-4-5-15(20)11-16(14)19/h4-5,11,22H,2-3,6-10,12-13H2,1H3. The molecule has 0 aromatic heterocycles. The van der Waals surface area contributed by atoms with Crippen LogP contribution in [-0.4, -0.2) is 49.3 Å². The molecule has 1 aliphatic rings. The zero-order chi connectivity index (χ0) is 17.6. The number of piperidine rings is 1. The van der Waals surface area contributed by atoms with Crippen LogP contribution in [0.2, 0.25) is 5.02 Å². The first-order chi connectivity index (χ1) is 11.5. The second kappa shape index (κ2) is 8.79. The van der Waals surface area contributed by atoms with Gasteiger partial charge in [-0.2, -0.15) is 0 Å². The van der Waals surface area contributed by atoms with Crippen LogP contribution in [0.5, 0.6) is 0 Å². The summed E-state index contributed by atoms with van der Waals surface area (Å²) in [6.45, 7) is 1.95. The number of amides is 1. The van der Waals surface area contributed by atoms with Crippen molar-refractivity contribution < 1.29 is 19.0 Å². The average molecular weight is 358 g/mol. The summed E-state index contributed by atoms with van der Waals surface area (Å²) in [4.78, 5) is 14.4. The first-order valence-electron chi connectivity index (χ1n) is 8.31. The number of methoxy groups -OCH3 is 1. The summed E-state index contributed by atoms with van der Waals surface area (Å²) in [6.07, 6.45) is 3.63. The van der Waals surface area contributed by atoms with Crippen molar-refractivity contribution in [2.75, 3.05) is 33.4 Å². The van der Waals surface area contributed by atoms with Crippen LogP contribution in [0.1, 0.15) is 31.2 Å². The topological polar surface area (TPSA) is 49.8 Å². The smallest absolute Gasteiger partial charge is 0.227 e. The van der Waals surface area contributed by atoms with Crippen molar-refractivity contribution in [3.63, 3.8) is 0 Å². The zero-order valence-corrected chi connectivity index (χ0v) is 14.8. The minimum atomic E-state index is -0.411. The van der Waals surface area contributed by atoms with E-state index < -0.39 is 5.82 Å². The Balaban J connectivity index is 2.00. The second-order valence-electron chi connectivity index (χ2n) is 6.59. The van der Waals surface area contributed by atoms with Crippen LogP contribution in [0.25, 0.3) is 0 Å². The Morgan fingerprint density at radius 2 is 2.29 bits per heavy atom. The Bertz CT molecular complexity index is 569. The number of benzene rings is 1. The van der Waals surface area contributed by atoms with Gasteiger partial charge in [-0.25, -0.2) is 4.39 Å². The van der Waals surface area contributed by atoms with Crippen molar-refractivity contribution in [2.45, 2.75) is 32.1 Å². The van der Waals surface area contributed by atoms with E-state index in [-0.39, 0.29) is 29.4 Å². The number of hydrogen-bond acceptors (Lipinski definition) is 3. The molecular weight excluding hydrogens is 333 g/mol. The second-order valence-corrected chi connectivity index (χ2v) is 6.99. The molecule has 1 aliphatic heterocycles. The van der Waals surface area contributed by atoms with E-state index in [0.717, 1.165) is 25.7 Å². The fourth-order valence-electron chi connectivity index (χ4n) is 3.36. The number of ether oxygens (including phenoxy) is 1. The first kappa shape index (κ1) is 19.2. The minimum Gasteiger partial charge on any atom is -0.396 e. The molecule has 0 saturated carbocycles. The molecule has 1 aromatic carbocycles. The van der Waals surface area contributed by atoms with Crippen LogP contribution in [-0.2, 0) is 16.0 Å². The highest BCUT2D eigenvalue weighted by molar-refractivity contribution is 6.31. The van der Waals surface area contributed by atoms with Gasteiger partial charge >= 0.3 is 0 Å². The van der Waals surface area contributed by atoms with Gasteiger partial charge in [0.2, 0.25) is 5.91 Å². The molecule has 2 rings (SSSR count). The van der Waals surface area contributed by atoms with E-state index in [2.05, 4.69) is 0 Å². The van der Waals surface area contributed by atoms with Gasteiger partial charge < -0.3 is 14.7 Å². The molecule has 1 atom stereocenters. The van der Waals surface area contributed by atoms with Crippen molar-refractivity contribution in [3.05, 3.63) is 34.6 Å². The highest BCUT2D eigenvalue weighted by atomic mass is 35.5. The number of rotatable bonds is 7. The maximum absolute atomic E-state index is 13.1. The van der Waals surface area contributed by atoms with Gasteiger partial charge in [-0.15, -0.1) is 0 Å². The van der Waals surface area contributed by atoms with E-state index >= 15 is 0 Å². The first-order valence-corrected chi connectivity index (χ1v) is 8.69. The molecule has 0 radical (unpaired) electrons. The summed E-state index contributed by atoms with van der Waals surface area (Å²) in [6, 6.07) is 4.09. The van der Waals surface area contributed by atoms with Gasteiger partial charge in [0.05, 0.1) is 13.0 Å². The monoisotopic (exact) mass is 357 g/mol. The third kappa shape index (κ3) is 4.91. The number of halogens is 2. The Kier molecular flexibility index (Phi) is 7.02. The molecule has 1 fully saturated rings. The van der Waals surface area contributed by atoms with Crippen molar-refractivity contribution in [1.29, 1.82) is 0 Å². The highest BCUT2D eigenvalue weighted by Crippen LogP contribution is 2.34. The summed E-state index contributed by atoms with van der Waals surface area (Å²) >= 11 is 6.02. The molecule has 1 aromatic rings. The predicted octanol–water partition coefficient (Wildman–Crippen LogP) is 3.05. The average Bonchev–Trinajstić information content (AvgIpc) is 2.58. The Morgan fingerprint density at radius 3 is 2.96 bits per heavy atom. The summed E-state index contributed by atoms with van der Waals surface area (Å²) in [5, 5.41) is 10.1. The van der Waals surface area contributed by atoms with E-state index in [0.29, 0.717) is 25.3 Å². The Hall–Kier alpha value is -1.17. The van der Waals surface area contributed by atoms with Crippen LogP contribution in [0, 0.1) is 11.2 Å². The van der Waals surface area contributed by atoms with Gasteiger partial charge in [-0.3, -0.25) is 4.79 Å². The highest BCUT2D eigenvalue weighted by Gasteiger charge is 2.36. The SMILES string of the molecule is COCCCC1(CO)CCCN(C(=O)Cc2ccc(F)cc2Cl)C1. The van der Waals surface area contributed by atoms with Crippen LogP contribution < -0.4 is 0 Å². The molecule has 1 heterocycles. The molecule has 0 aliphatic carbocycles. The lowest BCUT2D eigenvalue weighted by molar-refractivity contribution is -0.135. The Labute approximate surface area is 147 Å². The number of carbonyl (C=O) groups excluding carboxylic acids is 1. The van der Waals surface area contributed by atoms with E-state index in [1.807, 2.05) is 0 Å².